The predicted molar refractivity (Wildman–Crippen MR) is 175 cm³/mol. The van der Waals surface area contributed by atoms with Crippen molar-refractivity contribution < 1.29 is 24.0 Å². The number of piperazine rings is 1. The molecule has 3 atom stereocenters. The van der Waals surface area contributed by atoms with Crippen LogP contribution < -0.4 is 10.4 Å². The first-order valence-corrected chi connectivity index (χ1v) is 18.0. The summed E-state index contributed by atoms with van der Waals surface area (Å²) in [6.45, 7) is 6.03. The zero-order chi connectivity index (χ0) is 31.1. The molecule has 0 aliphatic carbocycles. The van der Waals surface area contributed by atoms with Crippen molar-refractivity contribution in [1.82, 2.24) is 19.6 Å². The van der Waals surface area contributed by atoms with Gasteiger partial charge in [-0.05, 0) is 82.4 Å². The number of likely N-dealkylation sites (tertiary alicyclic amines) is 2. The van der Waals surface area contributed by atoms with E-state index in [4.69, 9.17) is 0 Å². The minimum atomic E-state index is -1.18. The lowest BCUT2D eigenvalue weighted by Gasteiger charge is -2.62. The van der Waals surface area contributed by atoms with Crippen molar-refractivity contribution in [3.05, 3.63) is 49.0 Å². The Kier molecular flexibility index (Phi) is 9.55. The number of halogens is 2. The predicted octanol–water partition coefficient (Wildman–Crippen LogP) is 4.14. The number of nitrogens with zero attached hydrogens (tertiary/aromatic N) is 5. The number of amides is 3. The zero-order valence-corrected chi connectivity index (χ0v) is 29.0. The summed E-state index contributed by atoms with van der Waals surface area (Å²) in [5.41, 5.74) is 1.68. The summed E-state index contributed by atoms with van der Waals surface area (Å²) in [5, 5.41) is 20.6. The van der Waals surface area contributed by atoms with Crippen LogP contribution in [-0.2, 0) is 17.9 Å². The van der Waals surface area contributed by atoms with E-state index in [1.807, 2.05) is 28.5 Å². The Balaban J connectivity index is 1.35. The fourth-order valence-electron chi connectivity index (χ4n) is 8.08. The number of piperidine rings is 2. The highest BCUT2D eigenvalue weighted by Gasteiger charge is 2.61. The van der Waals surface area contributed by atoms with E-state index in [9.17, 15) is 19.5 Å². The number of quaternary nitrogens is 1. The molecule has 3 fully saturated rings. The summed E-state index contributed by atoms with van der Waals surface area (Å²) in [6.07, 6.45) is 2.88. The molecular weight excluding hydrogens is 712 g/mol. The van der Waals surface area contributed by atoms with Gasteiger partial charge < -0.3 is 29.8 Å². The van der Waals surface area contributed by atoms with E-state index in [1.54, 1.807) is 11.3 Å². The van der Waals surface area contributed by atoms with Gasteiger partial charge in [0.1, 0.15) is 12.8 Å². The van der Waals surface area contributed by atoms with Crippen molar-refractivity contribution in [2.75, 3.05) is 58.2 Å². The van der Waals surface area contributed by atoms with Crippen LogP contribution in [0.3, 0.4) is 0 Å². The lowest BCUT2D eigenvalue weighted by Crippen LogP contribution is -2.81. The lowest BCUT2D eigenvalue weighted by molar-refractivity contribution is -0.956. The van der Waals surface area contributed by atoms with Gasteiger partial charge in [0, 0.05) is 76.6 Å². The van der Waals surface area contributed by atoms with Crippen LogP contribution in [0.4, 0.5) is 15.3 Å². The number of rotatable bonds is 7. The molecule has 238 valence electrons. The highest BCUT2D eigenvalue weighted by atomic mass is 79.9. The summed E-state index contributed by atoms with van der Waals surface area (Å²) in [5.74, 6) is 0. The number of carboxylic acid groups (broad SMARTS) is 1. The molecule has 0 bridgehead atoms. The number of urea groups is 1. The molecule has 1 aromatic heterocycles. The number of carbonyl (C=O) groups is 3. The first-order valence-electron chi connectivity index (χ1n) is 15.4. The minimum absolute atomic E-state index is 0.0442. The number of aldehydes is 1. The summed E-state index contributed by atoms with van der Waals surface area (Å²) >= 11 is 8.67. The third kappa shape index (κ3) is 5.89. The largest absolute Gasteiger partial charge is 0.498 e. The van der Waals surface area contributed by atoms with Gasteiger partial charge in [0.05, 0.1) is 25.2 Å². The van der Waals surface area contributed by atoms with Crippen molar-refractivity contribution in [2.45, 2.75) is 62.9 Å². The molecule has 13 heteroatoms. The van der Waals surface area contributed by atoms with Gasteiger partial charge in [-0.1, -0.05) is 6.07 Å². The van der Waals surface area contributed by atoms with E-state index >= 15 is 0 Å². The van der Waals surface area contributed by atoms with Gasteiger partial charge in [0.2, 0.25) is 0 Å². The number of carbonyl (C=O) groups excluding carboxylic acids is 3. The van der Waals surface area contributed by atoms with Crippen LogP contribution in [0.25, 0.3) is 0 Å². The molecule has 6 rings (SSSR count). The third-order valence-electron chi connectivity index (χ3n) is 10.5. The third-order valence-corrected chi connectivity index (χ3v) is 13.2. The van der Waals surface area contributed by atoms with Gasteiger partial charge >= 0.3 is 6.03 Å². The normalized spacial score (nSPS) is 29.3. The van der Waals surface area contributed by atoms with Crippen LogP contribution in [0.1, 0.15) is 43.2 Å². The maximum absolute atomic E-state index is 13.6. The molecular formula is C31H40Br2N6O4S. The molecule has 3 saturated heterocycles. The molecule has 0 spiro atoms. The van der Waals surface area contributed by atoms with Crippen LogP contribution in [0.15, 0.2) is 37.9 Å². The molecule has 1 aromatic carbocycles. The number of thiophene rings is 1. The summed E-state index contributed by atoms with van der Waals surface area (Å²) in [6, 6.07) is 5.92. The van der Waals surface area contributed by atoms with Crippen LogP contribution >= 0.6 is 43.2 Å². The second kappa shape index (κ2) is 13.1. The Morgan fingerprint density at radius 3 is 2.52 bits per heavy atom. The van der Waals surface area contributed by atoms with Crippen molar-refractivity contribution >= 4 is 67.3 Å². The van der Waals surface area contributed by atoms with Gasteiger partial charge in [0.15, 0.2) is 5.66 Å². The fourth-order valence-corrected chi connectivity index (χ4v) is 9.53. The van der Waals surface area contributed by atoms with E-state index in [2.05, 4.69) is 64.3 Å². The average molecular weight is 753 g/mol. The monoisotopic (exact) mass is 750 g/mol. The summed E-state index contributed by atoms with van der Waals surface area (Å²) in [4.78, 5) is 48.6. The Hall–Kier alpha value is -1.87. The number of anilines is 1. The molecule has 0 radical (unpaired) electrons. The smallest absolute Gasteiger partial charge is 0.322 e. The molecule has 44 heavy (non-hydrogen) atoms. The first-order chi connectivity index (χ1) is 21.2. The lowest BCUT2D eigenvalue weighted by atomic mass is 9.82. The van der Waals surface area contributed by atoms with Gasteiger partial charge in [-0.25, -0.2) is 9.69 Å². The molecule has 2 unspecified atom stereocenters. The molecule has 3 amide bonds. The number of nitrogens with one attached hydrogen (secondary N) is 1. The van der Waals surface area contributed by atoms with E-state index in [-0.39, 0.29) is 36.1 Å². The number of hydrogen-bond donors (Lipinski definition) is 1. The molecule has 4 aliphatic heterocycles. The Labute approximate surface area is 279 Å². The van der Waals surface area contributed by atoms with Crippen LogP contribution in [-0.4, -0.2) is 113 Å². The van der Waals surface area contributed by atoms with E-state index in [0.717, 1.165) is 71.1 Å². The Bertz CT molecular complexity index is 1390. The molecule has 4 aliphatic rings. The first kappa shape index (κ1) is 32.1. The molecule has 1 N–H and O–H groups in total. The second-order valence-corrected chi connectivity index (χ2v) is 15.2. The molecule has 10 nitrogen and oxygen atoms in total. The quantitative estimate of drug-likeness (QED) is 0.336. The van der Waals surface area contributed by atoms with Gasteiger partial charge in [-0.15, -0.1) is 11.3 Å². The van der Waals surface area contributed by atoms with E-state index in [0.29, 0.717) is 38.5 Å². The topological polar surface area (TPSA) is 99.3 Å². The van der Waals surface area contributed by atoms with E-state index < -0.39 is 11.8 Å². The zero-order valence-electron chi connectivity index (χ0n) is 25.1. The summed E-state index contributed by atoms with van der Waals surface area (Å²) in [7, 11) is 2.17. The standard InChI is InChI=1S/C31H40Br2N6O4S/c1-35-8-4-24(5-9-35)36-10-12-37(13-11-36)31(7-15-40)17-25(38-18-23-20-44-21-28(23)34-29(38)41)6-14-39(31,30(42)43)19-22-2-3-26(32)27(33)16-22/h2-3,15-16,20-21,24-25H,4-14,17-19H2,1H3,(H-,34,41,42,43)/t25?,31?,39-/m0/s1. The van der Waals surface area contributed by atoms with Crippen molar-refractivity contribution in [1.29, 1.82) is 0 Å². The van der Waals surface area contributed by atoms with Crippen LogP contribution in [0, 0.1) is 0 Å². The highest BCUT2D eigenvalue weighted by molar-refractivity contribution is 9.13. The van der Waals surface area contributed by atoms with Gasteiger partial charge in [0.25, 0.3) is 6.09 Å². The second-order valence-electron chi connectivity index (χ2n) is 12.8. The minimum Gasteiger partial charge on any atom is -0.498 e. The molecule has 5 heterocycles. The Morgan fingerprint density at radius 1 is 1.09 bits per heavy atom. The van der Waals surface area contributed by atoms with E-state index in [1.165, 1.54) is 0 Å². The van der Waals surface area contributed by atoms with Crippen molar-refractivity contribution in [3.8, 4) is 0 Å². The average Bonchev–Trinajstić information content (AvgIpc) is 3.47. The van der Waals surface area contributed by atoms with Crippen LogP contribution in [0.5, 0.6) is 0 Å². The van der Waals surface area contributed by atoms with Crippen molar-refractivity contribution in [2.24, 2.45) is 0 Å². The molecule has 0 saturated carbocycles. The number of benzene rings is 1. The maximum Gasteiger partial charge on any atom is 0.322 e. The van der Waals surface area contributed by atoms with Crippen LogP contribution in [0.2, 0.25) is 0 Å². The fraction of sp³-hybridized carbons (Fsp3) is 0.581. The van der Waals surface area contributed by atoms with Crippen molar-refractivity contribution in [3.63, 3.8) is 0 Å². The highest BCUT2D eigenvalue weighted by Crippen LogP contribution is 2.46. The van der Waals surface area contributed by atoms with Gasteiger partial charge in [-0.3, -0.25) is 9.38 Å². The number of fused-ring (bicyclic) bond motifs is 1. The summed E-state index contributed by atoms with van der Waals surface area (Å²) < 4.78 is 1.35. The SMILES string of the molecule is CN1CCC(N2CCN(C3(CC=O)CC(N4Cc5cscc5NC4=O)CC[N@+]3(Cc3ccc(Br)c(Br)c3)C(=O)[O-])CC2)CC1. The molecule has 2 aromatic rings. The number of hydrogen-bond acceptors (Lipinski definition) is 8. The maximum atomic E-state index is 13.6. The Morgan fingerprint density at radius 2 is 1.84 bits per heavy atom. The van der Waals surface area contributed by atoms with Gasteiger partial charge in [-0.2, -0.15) is 0 Å².